The van der Waals surface area contributed by atoms with Crippen molar-refractivity contribution in [3.8, 4) is 0 Å². The number of benzene rings is 1. The lowest BCUT2D eigenvalue weighted by Crippen LogP contribution is -2.29. The van der Waals surface area contributed by atoms with E-state index in [0.717, 1.165) is 19.4 Å². The first-order valence-electron chi connectivity index (χ1n) is 8.01. The van der Waals surface area contributed by atoms with Crippen LogP contribution in [0.1, 0.15) is 12.0 Å². The molecule has 1 N–H and O–H groups in total. The molecule has 2 aromatic rings. The first kappa shape index (κ1) is 17.0. The highest BCUT2D eigenvalue weighted by Crippen LogP contribution is 2.23. The quantitative estimate of drug-likeness (QED) is 0.810. The average Bonchev–Trinajstić information content (AvgIpc) is 2.76. The van der Waals surface area contributed by atoms with Crippen LogP contribution >= 0.6 is 0 Å². The molecule has 2 rings (SSSR count). The minimum atomic E-state index is -0.347. The topological polar surface area (TPSA) is 31.6 Å². The van der Waals surface area contributed by atoms with Crippen molar-refractivity contribution in [1.29, 1.82) is 0 Å². The second-order valence-electron chi connectivity index (χ2n) is 6.65. The summed E-state index contributed by atoms with van der Waals surface area (Å²) in [6.45, 7) is 2.43. The third-order valence-electron chi connectivity index (χ3n) is 3.91. The summed E-state index contributed by atoms with van der Waals surface area (Å²) in [6.07, 6.45) is 4.11. The summed E-state index contributed by atoms with van der Waals surface area (Å²) < 4.78 is 2.20. The van der Waals surface area contributed by atoms with Gasteiger partial charge in [-0.05, 0) is 59.2 Å². The monoisotopic (exact) mass is 303 g/mol. The summed E-state index contributed by atoms with van der Waals surface area (Å²) in [7, 11) is 8.20. The van der Waals surface area contributed by atoms with Crippen LogP contribution in [0.5, 0.6) is 0 Å². The van der Waals surface area contributed by atoms with Crippen LogP contribution in [0.4, 0.5) is 0 Å². The number of aliphatic hydroxyl groups is 1. The predicted octanol–water partition coefficient (Wildman–Crippen LogP) is 2.06. The highest BCUT2D eigenvalue weighted by atomic mass is 16.3. The van der Waals surface area contributed by atoms with Crippen molar-refractivity contribution in [2.24, 2.45) is 0 Å². The third-order valence-corrected chi connectivity index (χ3v) is 3.91. The van der Waals surface area contributed by atoms with E-state index in [1.54, 1.807) is 0 Å². The number of hydrogen-bond acceptors (Lipinski definition) is 3. The molecule has 1 aromatic carbocycles. The van der Waals surface area contributed by atoms with Gasteiger partial charge in [0, 0.05) is 30.2 Å². The maximum Gasteiger partial charge on any atom is 0.0845 e. The number of hydrogen-bond donors (Lipinski definition) is 1. The van der Waals surface area contributed by atoms with Crippen molar-refractivity contribution in [2.45, 2.75) is 25.5 Å². The zero-order chi connectivity index (χ0) is 16.1. The molecule has 0 aliphatic carbocycles. The van der Waals surface area contributed by atoms with Gasteiger partial charge in [-0.15, -0.1) is 0 Å². The number of fused-ring (bicyclic) bond motifs is 1. The van der Waals surface area contributed by atoms with Crippen LogP contribution in [-0.2, 0) is 13.0 Å². The van der Waals surface area contributed by atoms with Crippen LogP contribution in [0.2, 0.25) is 0 Å². The number of rotatable bonds is 8. The standard InChI is InChI=1S/C18H29N3O/c1-19(2)11-7-8-15-12-21(14-16(22)13-20(3)4)18-10-6-5-9-17(15)18/h5-6,9-10,12,16,22H,7-8,11,13-14H2,1-4H3. The second kappa shape index (κ2) is 7.77. The number of para-hydroxylation sites is 1. The summed E-state index contributed by atoms with van der Waals surface area (Å²) in [5.74, 6) is 0. The molecule has 0 fully saturated rings. The lowest BCUT2D eigenvalue weighted by Gasteiger charge is -2.17. The summed E-state index contributed by atoms with van der Waals surface area (Å²) in [5, 5.41) is 11.5. The fourth-order valence-electron chi connectivity index (χ4n) is 2.97. The molecular formula is C18H29N3O. The van der Waals surface area contributed by atoms with E-state index in [0.29, 0.717) is 13.1 Å². The molecule has 1 unspecified atom stereocenters. The van der Waals surface area contributed by atoms with Crippen molar-refractivity contribution in [3.05, 3.63) is 36.0 Å². The van der Waals surface area contributed by atoms with Gasteiger partial charge in [-0.3, -0.25) is 0 Å². The average molecular weight is 303 g/mol. The van der Waals surface area contributed by atoms with Crippen molar-refractivity contribution < 1.29 is 5.11 Å². The van der Waals surface area contributed by atoms with Gasteiger partial charge in [0.15, 0.2) is 0 Å². The van der Waals surface area contributed by atoms with Gasteiger partial charge in [0.05, 0.1) is 6.10 Å². The molecule has 1 atom stereocenters. The lowest BCUT2D eigenvalue weighted by molar-refractivity contribution is 0.121. The van der Waals surface area contributed by atoms with E-state index in [2.05, 4.69) is 54.0 Å². The van der Waals surface area contributed by atoms with E-state index in [1.165, 1.54) is 16.5 Å². The molecule has 0 radical (unpaired) electrons. The molecule has 1 aromatic heterocycles. The van der Waals surface area contributed by atoms with Crippen LogP contribution in [0, 0.1) is 0 Å². The molecule has 0 amide bonds. The molecule has 4 nitrogen and oxygen atoms in total. The third kappa shape index (κ3) is 4.57. The van der Waals surface area contributed by atoms with E-state index in [1.807, 2.05) is 19.0 Å². The molecule has 0 aliphatic rings. The highest BCUT2D eigenvalue weighted by Gasteiger charge is 2.12. The molecule has 0 spiro atoms. The molecule has 0 bridgehead atoms. The Morgan fingerprint density at radius 3 is 2.50 bits per heavy atom. The molecule has 0 saturated heterocycles. The van der Waals surface area contributed by atoms with Crippen LogP contribution in [-0.4, -0.2) is 66.9 Å². The minimum absolute atomic E-state index is 0.347. The van der Waals surface area contributed by atoms with Gasteiger partial charge in [-0.1, -0.05) is 18.2 Å². The van der Waals surface area contributed by atoms with E-state index in [4.69, 9.17) is 0 Å². The smallest absolute Gasteiger partial charge is 0.0845 e. The fraction of sp³-hybridized carbons (Fsp3) is 0.556. The molecule has 4 heteroatoms. The number of aromatic nitrogens is 1. The zero-order valence-electron chi connectivity index (χ0n) is 14.3. The van der Waals surface area contributed by atoms with Crippen LogP contribution in [0.3, 0.4) is 0 Å². The normalized spacial score (nSPS) is 13.4. The Hall–Kier alpha value is -1.36. The molecule has 22 heavy (non-hydrogen) atoms. The summed E-state index contributed by atoms with van der Waals surface area (Å²) in [4.78, 5) is 4.24. The van der Waals surface area contributed by atoms with Crippen molar-refractivity contribution in [3.63, 3.8) is 0 Å². The van der Waals surface area contributed by atoms with Gasteiger partial charge in [0.25, 0.3) is 0 Å². The van der Waals surface area contributed by atoms with Crippen LogP contribution in [0.15, 0.2) is 30.5 Å². The second-order valence-corrected chi connectivity index (χ2v) is 6.65. The number of nitrogens with zero attached hydrogens (tertiary/aromatic N) is 3. The number of aryl methyl sites for hydroxylation is 1. The van der Waals surface area contributed by atoms with Gasteiger partial charge < -0.3 is 19.5 Å². The van der Waals surface area contributed by atoms with Crippen molar-refractivity contribution in [1.82, 2.24) is 14.4 Å². The van der Waals surface area contributed by atoms with Gasteiger partial charge in [-0.25, -0.2) is 0 Å². The van der Waals surface area contributed by atoms with Crippen LogP contribution < -0.4 is 0 Å². The SMILES string of the molecule is CN(C)CCCc1cn(CC(O)CN(C)C)c2ccccc12. The molecular weight excluding hydrogens is 274 g/mol. The summed E-state index contributed by atoms with van der Waals surface area (Å²) >= 11 is 0. The maximum atomic E-state index is 10.2. The molecule has 0 aliphatic heterocycles. The Balaban J connectivity index is 2.16. The molecule has 122 valence electrons. The summed E-state index contributed by atoms with van der Waals surface area (Å²) in [6, 6.07) is 8.50. The van der Waals surface area contributed by atoms with Gasteiger partial charge >= 0.3 is 0 Å². The first-order chi connectivity index (χ1) is 10.5. The van der Waals surface area contributed by atoms with Gasteiger partial charge in [-0.2, -0.15) is 0 Å². The van der Waals surface area contributed by atoms with E-state index in [9.17, 15) is 5.11 Å². The highest BCUT2D eigenvalue weighted by molar-refractivity contribution is 5.84. The summed E-state index contributed by atoms with van der Waals surface area (Å²) in [5.41, 5.74) is 2.61. The Morgan fingerprint density at radius 2 is 1.82 bits per heavy atom. The van der Waals surface area contributed by atoms with Crippen molar-refractivity contribution >= 4 is 10.9 Å². The Kier molecular flexibility index (Phi) is 6.00. The van der Waals surface area contributed by atoms with Crippen LogP contribution in [0.25, 0.3) is 10.9 Å². The fourth-order valence-corrected chi connectivity index (χ4v) is 2.97. The minimum Gasteiger partial charge on any atom is -0.390 e. The molecule has 0 saturated carbocycles. The Labute approximate surface area is 133 Å². The lowest BCUT2D eigenvalue weighted by atomic mass is 10.1. The van der Waals surface area contributed by atoms with E-state index in [-0.39, 0.29) is 6.10 Å². The van der Waals surface area contributed by atoms with Crippen molar-refractivity contribution in [2.75, 3.05) is 41.3 Å². The Bertz CT molecular complexity index is 589. The predicted molar refractivity (Wildman–Crippen MR) is 93.4 cm³/mol. The first-order valence-corrected chi connectivity index (χ1v) is 8.01. The van der Waals surface area contributed by atoms with E-state index >= 15 is 0 Å². The van der Waals surface area contributed by atoms with Gasteiger partial charge in [0.1, 0.15) is 0 Å². The maximum absolute atomic E-state index is 10.2. The molecule has 1 heterocycles. The largest absolute Gasteiger partial charge is 0.390 e. The van der Waals surface area contributed by atoms with E-state index < -0.39 is 0 Å². The zero-order valence-corrected chi connectivity index (χ0v) is 14.3. The number of likely N-dealkylation sites (N-methyl/N-ethyl adjacent to an activating group) is 1. The number of aliphatic hydroxyl groups excluding tert-OH is 1. The Morgan fingerprint density at radius 1 is 1.09 bits per heavy atom. The van der Waals surface area contributed by atoms with Gasteiger partial charge in [0.2, 0.25) is 0 Å².